The highest BCUT2D eigenvalue weighted by Gasteiger charge is 2.29. The molecule has 4 N–H and O–H groups in total. The molecule has 0 aromatic carbocycles. The minimum atomic E-state index is -0.530. The van der Waals surface area contributed by atoms with Crippen molar-refractivity contribution in [2.24, 2.45) is 11.7 Å². The van der Waals surface area contributed by atoms with Gasteiger partial charge in [0.15, 0.2) is 0 Å². The third-order valence-electron chi connectivity index (χ3n) is 3.13. The number of carbonyl (C=O) groups excluding carboxylic acids is 1. The summed E-state index contributed by atoms with van der Waals surface area (Å²) in [4.78, 5) is 11.7. The predicted octanol–water partition coefficient (Wildman–Crippen LogP) is 2.40. The quantitative estimate of drug-likeness (QED) is 0.534. The van der Waals surface area contributed by atoms with E-state index < -0.39 is 11.7 Å². The molecule has 1 saturated carbocycles. The Labute approximate surface area is 109 Å². The third-order valence-corrected chi connectivity index (χ3v) is 3.13. The van der Waals surface area contributed by atoms with E-state index in [9.17, 15) is 4.79 Å². The van der Waals surface area contributed by atoms with E-state index in [0.29, 0.717) is 0 Å². The van der Waals surface area contributed by atoms with E-state index in [2.05, 4.69) is 5.32 Å². The summed E-state index contributed by atoms with van der Waals surface area (Å²) in [6.07, 6.45) is 5.05. The minimum absolute atomic E-state index is 0.0211. The van der Waals surface area contributed by atoms with Crippen LogP contribution >= 0.6 is 0 Å². The standard InChI is InChI=1S/C13H25N3O2/c1-13(2,3)18-12(17)16-10(11(14)15)9-7-5-4-6-8-9/h9-10H,4-8H2,1-3H3,(H3,14,15)(H,16,17)/t10-/m1/s1. The second-order valence-electron chi connectivity index (χ2n) is 5.98. The van der Waals surface area contributed by atoms with E-state index in [1.54, 1.807) is 0 Å². The lowest BCUT2D eigenvalue weighted by Gasteiger charge is -2.30. The van der Waals surface area contributed by atoms with Gasteiger partial charge < -0.3 is 15.8 Å². The van der Waals surface area contributed by atoms with Crippen molar-refractivity contribution >= 4 is 11.9 Å². The Bertz CT molecular complexity index is 304. The van der Waals surface area contributed by atoms with Crippen molar-refractivity contribution in [2.45, 2.75) is 64.5 Å². The Morgan fingerprint density at radius 3 is 2.33 bits per heavy atom. The maximum absolute atomic E-state index is 11.7. The SMILES string of the molecule is CC(C)(C)OC(=O)N[C@@H](C(=N)N)C1CCCCC1. The van der Waals surface area contributed by atoms with Crippen LogP contribution in [0.2, 0.25) is 0 Å². The molecule has 0 saturated heterocycles. The van der Waals surface area contributed by atoms with Crippen LogP contribution in [0.25, 0.3) is 0 Å². The van der Waals surface area contributed by atoms with Crippen molar-refractivity contribution in [1.29, 1.82) is 5.41 Å². The van der Waals surface area contributed by atoms with Gasteiger partial charge in [-0.2, -0.15) is 0 Å². The second-order valence-corrected chi connectivity index (χ2v) is 5.98. The molecular weight excluding hydrogens is 230 g/mol. The first-order valence-corrected chi connectivity index (χ1v) is 6.63. The van der Waals surface area contributed by atoms with E-state index in [0.717, 1.165) is 25.7 Å². The number of amidine groups is 1. The fourth-order valence-electron chi connectivity index (χ4n) is 2.35. The van der Waals surface area contributed by atoms with Crippen LogP contribution in [0.1, 0.15) is 52.9 Å². The van der Waals surface area contributed by atoms with Crippen LogP contribution in [0, 0.1) is 11.3 Å². The molecule has 0 heterocycles. The van der Waals surface area contributed by atoms with Crippen LogP contribution in [0.5, 0.6) is 0 Å². The number of hydrogen-bond acceptors (Lipinski definition) is 3. The van der Waals surface area contributed by atoms with Crippen LogP contribution < -0.4 is 11.1 Å². The second kappa shape index (κ2) is 6.07. The average Bonchev–Trinajstić information content (AvgIpc) is 2.24. The fourth-order valence-corrected chi connectivity index (χ4v) is 2.35. The normalized spacial score (nSPS) is 19.1. The first kappa shape index (κ1) is 14.8. The summed E-state index contributed by atoms with van der Waals surface area (Å²) in [7, 11) is 0. The van der Waals surface area contributed by atoms with Gasteiger partial charge in [-0.15, -0.1) is 0 Å². The van der Waals surface area contributed by atoms with E-state index >= 15 is 0 Å². The number of nitrogens with one attached hydrogen (secondary N) is 2. The van der Waals surface area contributed by atoms with Crippen LogP contribution in [0.15, 0.2) is 0 Å². The molecule has 0 spiro atoms. The molecule has 0 aromatic rings. The molecule has 0 aromatic heterocycles. The van der Waals surface area contributed by atoms with E-state index in [-0.39, 0.29) is 17.8 Å². The van der Waals surface area contributed by atoms with Crippen molar-refractivity contribution in [2.75, 3.05) is 0 Å². The van der Waals surface area contributed by atoms with E-state index in [4.69, 9.17) is 15.9 Å². The minimum Gasteiger partial charge on any atom is -0.444 e. The summed E-state index contributed by atoms with van der Waals surface area (Å²) >= 11 is 0. The van der Waals surface area contributed by atoms with Gasteiger partial charge in [-0.05, 0) is 39.5 Å². The number of nitrogens with two attached hydrogens (primary N) is 1. The molecule has 1 aliphatic carbocycles. The molecule has 1 aliphatic rings. The Balaban J connectivity index is 2.57. The van der Waals surface area contributed by atoms with Crippen LogP contribution in [-0.2, 0) is 4.74 Å². The first-order valence-electron chi connectivity index (χ1n) is 6.63. The van der Waals surface area contributed by atoms with Gasteiger partial charge >= 0.3 is 6.09 Å². The highest BCUT2D eigenvalue weighted by molar-refractivity contribution is 5.86. The molecular formula is C13H25N3O2. The molecule has 18 heavy (non-hydrogen) atoms. The lowest BCUT2D eigenvalue weighted by molar-refractivity contribution is 0.0499. The zero-order chi connectivity index (χ0) is 13.8. The van der Waals surface area contributed by atoms with Crippen LogP contribution in [-0.4, -0.2) is 23.6 Å². The molecule has 0 radical (unpaired) electrons. The molecule has 5 nitrogen and oxygen atoms in total. The number of hydrogen-bond donors (Lipinski definition) is 3. The van der Waals surface area contributed by atoms with Crippen molar-refractivity contribution in [3.8, 4) is 0 Å². The van der Waals surface area contributed by atoms with Gasteiger partial charge in [0.05, 0.1) is 6.04 Å². The monoisotopic (exact) mass is 255 g/mol. The molecule has 104 valence electrons. The summed E-state index contributed by atoms with van der Waals surface area (Å²) in [5.74, 6) is 0.288. The van der Waals surface area contributed by atoms with Gasteiger partial charge in [-0.25, -0.2) is 4.79 Å². The fraction of sp³-hybridized carbons (Fsp3) is 0.846. The molecule has 1 rings (SSSR count). The number of amides is 1. The van der Waals surface area contributed by atoms with Gasteiger partial charge in [-0.3, -0.25) is 5.41 Å². The maximum Gasteiger partial charge on any atom is 0.408 e. The first-order chi connectivity index (χ1) is 8.29. The number of carbonyl (C=O) groups is 1. The highest BCUT2D eigenvalue weighted by Crippen LogP contribution is 2.26. The van der Waals surface area contributed by atoms with Gasteiger partial charge in [0.25, 0.3) is 0 Å². The maximum atomic E-state index is 11.7. The highest BCUT2D eigenvalue weighted by atomic mass is 16.6. The van der Waals surface area contributed by atoms with Crippen LogP contribution in [0.4, 0.5) is 4.79 Å². The summed E-state index contributed by atoms with van der Waals surface area (Å²) < 4.78 is 5.21. The van der Waals surface area contributed by atoms with Gasteiger partial charge in [0.1, 0.15) is 11.4 Å². The molecule has 1 amide bonds. The van der Waals surface area contributed by atoms with Gasteiger partial charge in [-0.1, -0.05) is 19.3 Å². The lowest BCUT2D eigenvalue weighted by Crippen LogP contribution is -2.50. The van der Waals surface area contributed by atoms with E-state index in [1.165, 1.54) is 6.42 Å². The largest absolute Gasteiger partial charge is 0.444 e. The summed E-state index contributed by atoms with van der Waals surface area (Å²) in [6, 6.07) is -0.389. The topological polar surface area (TPSA) is 88.2 Å². The summed E-state index contributed by atoms with van der Waals surface area (Å²) in [5, 5.41) is 10.4. The lowest BCUT2D eigenvalue weighted by atomic mass is 9.83. The zero-order valence-corrected chi connectivity index (χ0v) is 11.6. The van der Waals surface area contributed by atoms with Crippen molar-refractivity contribution in [3.05, 3.63) is 0 Å². The Morgan fingerprint density at radius 2 is 1.89 bits per heavy atom. The molecule has 1 atom stereocenters. The average molecular weight is 255 g/mol. The molecule has 1 fully saturated rings. The predicted molar refractivity (Wildman–Crippen MR) is 71.6 cm³/mol. The Kier molecular flexibility index (Phi) is 4.99. The molecule has 5 heteroatoms. The summed E-state index contributed by atoms with van der Waals surface area (Å²) in [5.41, 5.74) is 5.06. The Hall–Kier alpha value is -1.26. The number of alkyl carbamates (subject to hydrolysis) is 1. The molecule has 0 aliphatic heterocycles. The third kappa shape index (κ3) is 4.94. The smallest absolute Gasteiger partial charge is 0.408 e. The number of ether oxygens (including phenoxy) is 1. The zero-order valence-electron chi connectivity index (χ0n) is 11.6. The summed E-state index contributed by atoms with van der Waals surface area (Å²) in [6.45, 7) is 5.45. The Morgan fingerprint density at radius 1 is 1.33 bits per heavy atom. The van der Waals surface area contributed by atoms with Crippen LogP contribution in [0.3, 0.4) is 0 Å². The molecule has 0 unspecified atom stereocenters. The number of rotatable bonds is 3. The molecule has 0 bridgehead atoms. The van der Waals surface area contributed by atoms with Crippen molar-refractivity contribution in [1.82, 2.24) is 5.32 Å². The van der Waals surface area contributed by atoms with Crippen molar-refractivity contribution < 1.29 is 9.53 Å². The van der Waals surface area contributed by atoms with Gasteiger partial charge in [0.2, 0.25) is 0 Å². The van der Waals surface area contributed by atoms with Gasteiger partial charge in [0, 0.05) is 0 Å². The van der Waals surface area contributed by atoms with E-state index in [1.807, 2.05) is 20.8 Å². The van der Waals surface area contributed by atoms with Crippen molar-refractivity contribution in [3.63, 3.8) is 0 Å².